The standard InChI is InChI=1S/C15H22FNO3/c1-9(2)8-17-15(19)11(4)20-14-6-5-12(16)7-13(14)10(3)18/h5-7,9-11,18H,8H2,1-4H3,(H,17,19)/t10-,11?/m1/s1. The number of amides is 1. The number of nitrogens with one attached hydrogen (secondary N) is 1. The molecule has 0 saturated heterocycles. The van der Waals surface area contributed by atoms with Gasteiger partial charge in [-0.15, -0.1) is 0 Å². The SMILES string of the molecule is CC(C)CNC(=O)C(C)Oc1ccc(F)cc1[C@@H](C)O. The summed E-state index contributed by atoms with van der Waals surface area (Å²) in [5.41, 5.74) is 0.327. The van der Waals surface area contributed by atoms with Crippen molar-refractivity contribution in [3.63, 3.8) is 0 Å². The highest BCUT2D eigenvalue weighted by atomic mass is 19.1. The highest BCUT2D eigenvalue weighted by Gasteiger charge is 2.18. The minimum absolute atomic E-state index is 0.237. The predicted molar refractivity (Wildman–Crippen MR) is 75.0 cm³/mol. The third-order valence-electron chi connectivity index (χ3n) is 2.78. The van der Waals surface area contributed by atoms with Gasteiger partial charge in [0.25, 0.3) is 5.91 Å². The van der Waals surface area contributed by atoms with E-state index in [1.165, 1.54) is 25.1 Å². The van der Waals surface area contributed by atoms with Crippen molar-refractivity contribution in [2.45, 2.75) is 39.9 Å². The van der Waals surface area contributed by atoms with Gasteiger partial charge in [0.05, 0.1) is 6.10 Å². The van der Waals surface area contributed by atoms with E-state index in [0.29, 0.717) is 23.8 Å². The fourth-order valence-corrected chi connectivity index (χ4v) is 1.65. The van der Waals surface area contributed by atoms with Crippen molar-refractivity contribution in [1.29, 1.82) is 0 Å². The first kappa shape index (κ1) is 16.4. The molecule has 1 aromatic carbocycles. The fourth-order valence-electron chi connectivity index (χ4n) is 1.65. The van der Waals surface area contributed by atoms with Crippen LogP contribution in [-0.4, -0.2) is 23.7 Å². The molecule has 1 rings (SSSR count). The Labute approximate surface area is 119 Å². The van der Waals surface area contributed by atoms with E-state index in [0.717, 1.165) is 0 Å². The lowest BCUT2D eigenvalue weighted by molar-refractivity contribution is -0.127. The molecule has 0 aromatic heterocycles. The lowest BCUT2D eigenvalue weighted by atomic mass is 10.1. The summed E-state index contributed by atoms with van der Waals surface area (Å²) in [6.07, 6.45) is -1.58. The number of benzene rings is 1. The zero-order chi connectivity index (χ0) is 15.3. The van der Waals surface area contributed by atoms with Crippen molar-refractivity contribution in [1.82, 2.24) is 5.32 Å². The summed E-state index contributed by atoms with van der Waals surface area (Å²) >= 11 is 0. The summed E-state index contributed by atoms with van der Waals surface area (Å²) in [6.45, 7) is 7.70. The molecule has 112 valence electrons. The topological polar surface area (TPSA) is 58.6 Å². The average Bonchev–Trinajstić information content (AvgIpc) is 2.37. The zero-order valence-corrected chi connectivity index (χ0v) is 12.3. The molecule has 0 aliphatic carbocycles. The number of carbonyl (C=O) groups excluding carboxylic acids is 1. The molecule has 0 spiro atoms. The second-order valence-electron chi connectivity index (χ2n) is 5.26. The van der Waals surface area contributed by atoms with Gasteiger partial charge >= 0.3 is 0 Å². The van der Waals surface area contributed by atoms with Crippen molar-refractivity contribution in [3.8, 4) is 5.75 Å². The number of aliphatic hydroxyl groups excluding tert-OH is 1. The maximum absolute atomic E-state index is 13.2. The second kappa shape index (κ2) is 7.24. The van der Waals surface area contributed by atoms with Crippen LogP contribution in [0, 0.1) is 11.7 Å². The third kappa shape index (κ3) is 4.81. The highest BCUT2D eigenvalue weighted by Crippen LogP contribution is 2.26. The molecule has 1 aromatic rings. The largest absolute Gasteiger partial charge is 0.481 e. The van der Waals surface area contributed by atoms with Crippen molar-refractivity contribution in [3.05, 3.63) is 29.6 Å². The van der Waals surface area contributed by atoms with E-state index in [2.05, 4.69) is 5.32 Å². The Morgan fingerprint density at radius 1 is 1.35 bits per heavy atom. The van der Waals surface area contributed by atoms with Gasteiger partial charge in [-0.25, -0.2) is 4.39 Å². The Morgan fingerprint density at radius 2 is 2.00 bits per heavy atom. The van der Waals surface area contributed by atoms with Crippen LogP contribution in [0.3, 0.4) is 0 Å². The summed E-state index contributed by atoms with van der Waals surface area (Å²) in [5, 5.41) is 12.4. The molecule has 0 saturated carbocycles. The minimum atomic E-state index is -0.869. The summed E-state index contributed by atoms with van der Waals surface area (Å²) in [4.78, 5) is 11.8. The Morgan fingerprint density at radius 3 is 2.55 bits per heavy atom. The lowest BCUT2D eigenvalue weighted by Crippen LogP contribution is -2.38. The summed E-state index contributed by atoms with van der Waals surface area (Å²) in [5.74, 6) is -0.0247. The van der Waals surface area contributed by atoms with Gasteiger partial charge in [-0.05, 0) is 38.0 Å². The molecule has 0 aliphatic rings. The molecule has 0 fully saturated rings. The van der Waals surface area contributed by atoms with Crippen molar-refractivity contribution < 1.29 is 19.0 Å². The number of aliphatic hydroxyl groups is 1. The first-order chi connectivity index (χ1) is 9.31. The molecule has 4 nitrogen and oxygen atoms in total. The van der Waals surface area contributed by atoms with Crippen LogP contribution in [0.4, 0.5) is 4.39 Å². The Bertz CT molecular complexity index is 460. The minimum Gasteiger partial charge on any atom is -0.481 e. The van der Waals surface area contributed by atoms with E-state index in [1.54, 1.807) is 6.92 Å². The number of hydrogen-bond donors (Lipinski definition) is 2. The van der Waals surface area contributed by atoms with Crippen molar-refractivity contribution in [2.24, 2.45) is 5.92 Å². The monoisotopic (exact) mass is 283 g/mol. The van der Waals surface area contributed by atoms with E-state index in [-0.39, 0.29) is 5.91 Å². The first-order valence-corrected chi connectivity index (χ1v) is 6.73. The molecular weight excluding hydrogens is 261 g/mol. The van der Waals surface area contributed by atoms with Gasteiger partial charge in [0.15, 0.2) is 6.10 Å². The van der Waals surface area contributed by atoms with E-state index in [1.807, 2.05) is 13.8 Å². The van der Waals surface area contributed by atoms with Gasteiger partial charge in [0.1, 0.15) is 11.6 Å². The summed E-state index contributed by atoms with van der Waals surface area (Å²) in [6, 6.07) is 3.86. The van der Waals surface area contributed by atoms with E-state index < -0.39 is 18.0 Å². The van der Waals surface area contributed by atoms with E-state index >= 15 is 0 Å². The number of carbonyl (C=O) groups is 1. The molecule has 2 atom stereocenters. The van der Waals surface area contributed by atoms with Gasteiger partial charge in [0.2, 0.25) is 0 Å². The highest BCUT2D eigenvalue weighted by molar-refractivity contribution is 5.80. The van der Waals surface area contributed by atoms with Crippen LogP contribution in [0.2, 0.25) is 0 Å². The van der Waals surface area contributed by atoms with Crippen LogP contribution < -0.4 is 10.1 Å². The van der Waals surface area contributed by atoms with Crippen LogP contribution in [0.1, 0.15) is 39.4 Å². The van der Waals surface area contributed by atoms with Crippen LogP contribution in [0.25, 0.3) is 0 Å². The zero-order valence-electron chi connectivity index (χ0n) is 12.3. The molecule has 2 N–H and O–H groups in total. The van der Waals surface area contributed by atoms with Crippen LogP contribution >= 0.6 is 0 Å². The summed E-state index contributed by atoms with van der Waals surface area (Å²) in [7, 11) is 0. The molecule has 0 radical (unpaired) electrons. The first-order valence-electron chi connectivity index (χ1n) is 6.73. The molecule has 0 heterocycles. The predicted octanol–water partition coefficient (Wildman–Crippen LogP) is 2.42. The molecule has 0 aliphatic heterocycles. The molecule has 1 amide bonds. The average molecular weight is 283 g/mol. The van der Waals surface area contributed by atoms with Gasteiger partial charge in [0, 0.05) is 12.1 Å². The van der Waals surface area contributed by atoms with E-state index in [4.69, 9.17) is 4.74 Å². The van der Waals surface area contributed by atoms with Gasteiger partial charge in [-0.2, -0.15) is 0 Å². The van der Waals surface area contributed by atoms with Gasteiger partial charge in [-0.1, -0.05) is 13.8 Å². The van der Waals surface area contributed by atoms with Crippen LogP contribution in [0.5, 0.6) is 5.75 Å². The molecule has 1 unspecified atom stereocenters. The number of halogens is 1. The molecule has 20 heavy (non-hydrogen) atoms. The maximum atomic E-state index is 13.2. The number of ether oxygens (including phenoxy) is 1. The van der Waals surface area contributed by atoms with Crippen molar-refractivity contribution >= 4 is 5.91 Å². The molecule has 0 bridgehead atoms. The van der Waals surface area contributed by atoms with Crippen LogP contribution in [0.15, 0.2) is 18.2 Å². The molecule has 5 heteroatoms. The number of rotatable bonds is 6. The fraction of sp³-hybridized carbons (Fsp3) is 0.533. The maximum Gasteiger partial charge on any atom is 0.260 e. The second-order valence-corrected chi connectivity index (χ2v) is 5.26. The third-order valence-corrected chi connectivity index (χ3v) is 2.78. The molecular formula is C15H22FNO3. The lowest BCUT2D eigenvalue weighted by Gasteiger charge is -2.19. The Balaban J connectivity index is 2.75. The van der Waals surface area contributed by atoms with E-state index in [9.17, 15) is 14.3 Å². The van der Waals surface area contributed by atoms with Crippen molar-refractivity contribution in [2.75, 3.05) is 6.54 Å². The Hall–Kier alpha value is -1.62. The Kier molecular flexibility index (Phi) is 5.95. The smallest absolute Gasteiger partial charge is 0.260 e. The quantitative estimate of drug-likeness (QED) is 0.843. The van der Waals surface area contributed by atoms with Gasteiger partial charge < -0.3 is 15.2 Å². The van der Waals surface area contributed by atoms with Gasteiger partial charge in [-0.3, -0.25) is 4.79 Å². The van der Waals surface area contributed by atoms with Crippen LogP contribution in [-0.2, 0) is 4.79 Å². The number of hydrogen-bond acceptors (Lipinski definition) is 3. The summed E-state index contributed by atoms with van der Waals surface area (Å²) < 4.78 is 18.7. The normalized spacial score (nSPS) is 13.9.